The zero-order valence-electron chi connectivity index (χ0n) is 15.3. The van der Waals surface area contributed by atoms with Crippen LogP contribution in [0.4, 0.5) is 4.79 Å². The number of hydrogen-bond acceptors (Lipinski definition) is 5. The van der Waals surface area contributed by atoms with Crippen LogP contribution in [-0.2, 0) is 14.3 Å². The highest BCUT2D eigenvalue weighted by Gasteiger charge is 2.39. The van der Waals surface area contributed by atoms with Gasteiger partial charge in [-0.05, 0) is 31.5 Å². The van der Waals surface area contributed by atoms with E-state index in [0.29, 0.717) is 22.6 Å². The Morgan fingerprint density at radius 1 is 1.27 bits per heavy atom. The largest absolute Gasteiger partial charge is 0.479 e. The molecule has 2 rings (SSSR count). The molecule has 1 aromatic carbocycles. The van der Waals surface area contributed by atoms with Crippen LogP contribution >= 0.6 is 0 Å². The number of carboxylic acids is 1. The molecule has 0 saturated carbocycles. The molecule has 1 aromatic rings. The van der Waals surface area contributed by atoms with E-state index in [-0.39, 0.29) is 6.03 Å². The van der Waals surface area contributed by atoms with Crippen LogP contribution in [0.3, 0.4) is 0 Å². The van der Waals surface area contributed by atoms with Crippen molar-refractivity contribution in [2.24, 2.45) is 0 Å². The third kappa shape index (κ3) is 3.49. The number of likely N-dealkylation sites (N-methyl/N-ethyl adjacent to an activating group) is 1. The topological polar surface area (TPSA) is 96.4 Å². The van der Waals surface area contributed by atoms with Crippen LogP contribution in [0.5, 0.6) is 5.75 Å². The standard InChI is InChI=1S/C18H22N2O6/c1-10-14(17(23)25-5)15(20(4)18(24)19(10)3)12-7-6-8-13(9-12)26-11(2)16(21)22/h6-9,11,15H,1-5H3,(H,21,22). The molecule has 26 heavy (non-hydrogen) atoms. The summed E-state index contributed by atoms with van der Waals surface area (Å²) in [4.78, 5) is 38.6. The van der Waals surface area contributed by atoms with Crippen molar-refractivity contribution in [3.8, 4) is 5.75 Å². The second-order valence-corrected chi connectivity index (χ2v) is 6.02. The van der Waals surface area contributed by atoms with Crippen molar-refractivity contribution < 1.29 is 29.0 Å². The summed E-state index contributed by atoms with van der Waals surface area (Å²) in [5.74, 6) is -1.30. The van der Waals surface area contributed by atoms with Gasteiger partial charge >= 0.3 is 18.0 Å². The first-order chi connectivity index (χ1) is 12.2. The van der Waals surface area contributed by atoms with E-state index < -0.39 is 24.1 Å². The molecule has 0 aromatic heterocycles. The number of aliphatic carboxylic acids is 1. The van der Waals surface area contributed by atoms with E-state index in [4.69, 9.17) is 14.6 Å². The number of amides is 2. The maximum Gasteiger partial charge on any atom is 0.344 e. The summed E-state index contributed by atoms with van der Waals surface area (Å²) in [6, 6.07) is 5.72. The Morgan fingerprint density at radius 2 is 1.92 bits per heavy atom. The molecule has 0 spiro atoms. The predicted octanol–water partition coefficient (Wildman–Crippen LogP) is 2.02. The smallest absolute Gasteiger partial charge is 0.344 e. The number of allylic oxidation sites excluding steroid dienone is 1. The third-order valence-corrected chi connectivity index (χ3v) is 4.38. The summed E-state index contributed by atoms with van der Waals surface area (Å²) in [6.45, 7) is 3.10. The Labute approximate surface area is 151 Å². The molecule has 0 fully saturated rings. The summed E-state index contributed by atoms with van der Waals surface area (Å²) in [5, 5.41) is 9.00. The molecule has 1 aliphatic rings. The molecule has 0 radical (unpaired) electrons. The van der Waals surface area contributed by atoms with Crippen molar-refractivity contribution in [1.82, 2.24) is 9.80 Å². The molecule has 140 valence electrons. The minimum atomic E-state index is -1.09. The van der Waals surface area contributed by atoms with Crippen LogP contribution in [0.15, 0.2) is 35.5 Å². The van der Waals surface area contributed by atoms with Gasteiger partial charge in [-0.1, -0.05) is 12.1 Å². The van der Waals surface area contributed by atoms with Crippen molar-refractivity contribution in [2.45, 2.75) is 26.0 Å². The van der Waals surface area contributed by atoms with Gasteiger partial charge in [-0.25, -0.2) is 14.4 Å². The van der Waals surface area contributed by atoms with E-state index in [1.807, 2.05) is 0 Å². The lowest BCUT2D eigenvalue weighted by Crippen LogP contribution is -2.47. The first-order valence-electron chi connectivity index (χ1n) is 7.98. The van der Waals surface area contributed by atoms with Gasteiger partial charge in [0.25, 0.3) is 0 Å². The molecule has 0 saturated heterocycles. The van der Waals surface area contributed by atoms with Gasteiger partial charge in [0.2, 0.25) is 0 Å². The SMILES string of the molecule is COC(=O)C1=C(C)N(C)C(=O)N(C)C1c1cccc(OC(C)C(=O)O)c1. The van der Waals surface area contributed by atoms with Gasteiger partial charge in [-0.15, -0.1) is 0 Å². The number of carbonyl (C=O) groups excluding carboxylic acids is 2. The number of ether oxygens (including phenoxy) is 2. The monoisotopic (exact) mass is 362 g/mol. The highest BCUT2D eigenvalue weighted by atomic mass is 16.5. The number of esters is 1. The summed E-state index contributed by atoms with van der Waals surface area (Å²) < 4.78 is 10.3. The quantitative estimate of drug-likeness (QED) is 0.805. The van der Waals surface area contributed by atoms with Crippen LogP contribution in [-0.4, -0.2) is 60.2 Å². The number of nitrogens with zero attached hydrogens (tertiary/aromatic N) is 2. The van der Waals surface area contributed by atoms with Gasteiger partial charge in [0.05, 0.1) is 18.7 Å². The Balaban J connectivity index is 2.51. The summed E-state index contributed by atoms with van der Waals surface area (Å²) in [5.41, 5.74) is 1.44. The molecule has 1 N–H and O–H groups in total. The van der Waals surface area contributed by atoms with E-state index in [1.165, 1.54) is 23.8 Å². The minimum Gasteiger partial charge on any atom is -0.479 e. The zero-order chi connectivity index (χ0) is 19.6. The van der Waals surface area contributed by atoms with E-state index >= 15 is 0 Å². The van der Waals surface area contributed by atoms with Crippen LogP contribution in [0.25, 0.3) is 0 Å². The van der Waals surface area contributed by atoms with Crippen LogP contribution in [0.2, 0.25) is 0 Å². The Hall–Kier alpha value is -3.03. The van der Waals surface area contributed by atoms with Crippen molar-refractivity contribution in [2.75, 3.05) is 21.2 Å². The highest BCUT2D eigenvalue weighted by Crippen LogP contribution is 2.37. The number of carboxylic acid groups (broad SMARTS) is 1. The predicted molar refractivity (Wildman–Crippen MR) is 92.5 cm³/mol. The first kappa shape index (κ1) is 19.3. The average molecular weight is 362 g/mol. The van der Waals surface area contributed by atoms with E-state index in [9.17, 15) is 14.4 Å². The second-order valence-electron chi connectivity index (χ2n) is 6.02. The first-order valence-corrected chi connectivity index (χ1v) is 7.98. The number of hydrogen-bond donors (Lipinski definition) is 1. The third-order valence-electron chi connectivity index (χ3n) is 4.38. The van der Waals surface area contributed by atoms with Gasteiger partial charge in [-0.3, -0.25) is 0 Å². The van der Waals surface area contributed by atoms with Crippen LogP contribution < -0.4 is 4.74 Å². The molecule has 1 heterocycles. The van der Waals surface area contributed by atoms with Crippen molar-refractivity contribution in [3.63, 3.8) is 0 Å². The average Bonchev–Trinajstić information content (AvgIpc) is 2.62. The van der Waals surface area contributed by atoms with Gasteiger partial charge in [-0.2, -0.15) is 0 Å². The molecule has 0 aliphatic carbocycles. The number of methoxy groups -OCH3 is 1. The van der Waals surface area contributed by atoms with Crippen molar-refractivity contribution >= 4 is 18.0 Å². The van der Waals surface area contributed by atoms with Gasteiger partial charge in [0.1, 0.15) is 5.75 Å². The minimum absolute atomic E-state index is 0.273. The summed E-state index contributed by atoms with van der Waals surface area (Å²) in [7, 11) is 4.46. The van der Waals surface area contributed by atoms with Gasteiger partial charge < -0.3 is 24.4 Å². The Kier molecular flexibility index (Phi) is 5.54. The highest BCUT2D eigenvalue weighted by molar-refractivity contribution is 5.94. The molecule has 1 aliphatic heterocycles. The van der Waals surface area contributed by atoms with E-state index in [0.717, 1.165) is 0 Å². The molecular formula is C18H22N2O6. The number of rotatable bonds is 5. The van der Waals surface area contributed by atoms with E-state index in [1.54, 1.807) is 45.3 Å². The number of carbonyl (C=O) groups is 3. The molecule has 0 bridgehead atoms. The summed E-state index contributed by atoms with van der Waals surface area (Å²) >= 11 is 0. The normalized spacial score (nSPS) is 18.7. The molecule has 2 unspecified atom stereocenters. The van der Waals surface area contributed by atoms with Crippen molar-refractivity contribution in [3.05, 3.63) is 41.1 Å². The molecule has 8 nitrogen and oxygen atoms in total. The zero-order valence-corrected chi connectivity index (χ0v) is 15.3. The van der Waals surface area contributed by atoms with Crippen molar-refractivity contribution in [1.29, 1.82) is 0 Å². The van der Waals surface area contributed by atoms with Gasteiger partial charge in [0, 0.05) is 19.8 Å². The molecule has 8 heteroatoms. The maximum absolute atomic E-state index is 12.5. The molecule has 2 amide bonds. The summed E-state index contributed by atoms with van der Waals surface area (Å²) in [6.07, 6.45) is -1.03. The Bertz CT molecular complexity index is 773. The second kappa shape index (κ2) is 7.47. The lowest BCUT2D eigenvalue weighted by atomic mass is 9.93. The van der Waals surface area contributed by atoms with Gasteiger partial charge in [0.15, 0.2) is 6.10 Å². The fourth-order valence-electron chi connectivity index (χ4n) is 2.83. The Morgan fingerprint density at radius 3 is 2.50 bits per heavy atom. The van der Waals surface area contributed by atoms with Crippen LogP contribution in [0, 0.1) is 0 Å². The fraction of sp³-hybridized carbons (Fsp3) is 0.389. The number of benzene rings is 1. The lowest BCUT2D eigenvalue weighted by molar-refractivity contribution is -0.144. The van der Waals surface area contributed by atoms with Crippen LogP contribution in [0.1, 0.15) is 25.5 Å². The molecule has 2 atom stereocenters. The molecular weight excluding hydrogens is 340 g/mol. The maximum atomic E-state index is 12.5. The number of urea groups is 1. The van der Waals surface area contributed by atoms with E-state index in [2.05, 4.69) is 0 Å². The fourth-order valence-corrected chi connectivity index (χ4v) is 2.83. The lowest BCUT2D eigenvalue weighted by Gasteiger charge is -2.39.